The molecule has 0 fully saturated rings. The zero-order valence-corrected chi connectivity index (χ0v) is 16.2. The number of aromatic nitrogens is 3. The van der Waals surface area contributed by atoms with E-state index in [-0.39, 0.29) is 12.4 Å². The van der Waals surface area contributed by atoms with Crippen LogP contribution in [0.2, 0.25) is 0 Å². The molecular formula is C20H27N5O2. The van der Waals surface area contributed by atoms with E-state index < -0.39 is 0 Å². The third-order valence-electron chi connectivity index (χ3n) is 4.76. The number of aryl methyl sites for hydroxylation is 1. The molecule has 0 saturated carbocycles. The van der Waals surface area contributed by atoms with Crippen LogP contribution in [0.25, 0.3) is 21.9 Å². The van der Waals surface area contributed by atoms with Crippen molar-refractivity contribution in [2.24, 2.45) is 0 Å². The summed E-state index contributed by atoms with van der Waals surface area (Å²) in [7, 11) is 3.33. The van der Waals surface area contributed by atoms with Crippen molar-refractivity contribution in [2.45, 2.75) is 39.2 Å². The van der Waals surface area contributed by atoms with Crippen LogP contribution in [0.5, 0.6) is 0 Å². The Labute approximate surface area is 158 Å². The minimum atomic E-state index is -0.274. The van der Waals surface area contributed by atoms with Gasteiger partial charge in [0.2, 0.25) is 0 Å². The van der Waals surface area contributed by atoms with E-state index in [0.29, 0.717) is 5.82 Å². The fraction of sp³-hybridized carbons (Fsp3) is 0.450. The van der Waals surface area contributed by atoms with E-state index >= 15 is 0 Å². The van der Waals surface area contributed by atoms with Gasteiger partial charge in [-0.3, -0.25) is 4.79 Å². The number of rotatable bonds is 8. The normalized spacial score (nSPS) is 11.4. The van der Waals surface area contributed by atoms with Crippen molar-refractivity contribution in [3.8, 4) is 0 Å². The van der Waals surface area contributed by atoms with Crippen LogP contribution in [0, 0.1) is 0 Å². The smallest absolute Gasteiger partial charge is 0.309 e. The lowest BCUT2D eigenvalue weighted by molar-refractivity contribution is -0.139. The lowest BCUT2D eigenvalue weighted by Gasteiger charge is -2.11. The molecule has 3 rings (SSSR count). The summed E-state index contributed by atoms with van der Waals surface area (Å²) in [5, 5.41) is 4.21. The van der Waals surface area contributed by atoms with Gasteiger partial charge in [-0.1, -0.05) is 25.5 Å². The molecule has 1 aromatic carbocycles. The minimum Gasteiger partial charge on any atom is -0.469 e. The lowest BCUT2D eigenvalue weighted by atomic mass is 10.1. The SMILES string of the molecule is CCCCc1nc2c(N)nc3cc(CC(=O)OC)ccc3c2n1CCNC. The second kappa shape index (κ2) is 8.35. The summed E-state index contributed by atoms with van der Waals surface area (Å²) in [6.45, 7) is 3.83. The molecule has 7 heteroatoms. The molecule has 27 heavy (non-hydrogen) atoms. The van der Waals surface area contributed by atoms with Crippen LogP contribution in [0.15, 0.2) is 18.2 Å². The van der Waals surface area contributed by atoms with Gasteiger partial charge in [-0.25, -0.2) is 9.97 Å². The van der Waals surface area contributed by atoms with Crippen LogP contribution in [-0.2, 0) is 28.9 Å². The maximum absolute atomic E-state index is 11.6. The van der Waals surface area contributed by atoms with Crippen molar-refractivity contribution in [3.63, 3.8) is 0 Å². The Balaban J connectivity index is 2.17. The number of pyridine rings is 1. The van der Waals surface area contributed by atoms with E-state index in [1.165, 1.54) is 7.11 Å². The van der Waals surface area contributed by atoms with Gasteiger partial charge >= 0.3 is 5.97 Å². The molecule has 0 aliphatic carbocycles. The fourth-order valence-corrected chi connectivity index (χ4v) is 3.34. The van der Waals surface area contributed by atoms with Crippen LogP contribution in [-0.4, -0.2) is 41.2 Å². The standard InChI is InChI=1S/C20H27N5O2/c1-4-5-6-16-24-18-19(25(16)10-9-22-2)14-8-7-13(12-17(26)27-3)11-15(14)23-20(18)21/h7-8,11,22H,4-6,9-10,12H2,1-3H3,(H2,21,23). The first-order valence-electron chi connectivity index (χ1n) is 9.37. The molecule has 0 amide bonds. The Morgan fingerprint density at radius 2 is 2.15 bits per heavy atom. The van der Waals surface area contributed by atoms with Gasteiger partial charge in [-0.2, -0.15) is 0 Å². The zero-order valence-electron chi connectivity index (χ0n) is 16.2. The number of nitrogens with two attached hydrogens (primary N) is 1. The topological polar surface area (TPSA) is 95.1 Å². The number of ether oxygens (including phenoxy) is 1. The van der Waals surface area contributed by atoms with Gasteiger partial charge in [0.1, 0.15) is 11.3 Å². The number of likely N-dealkylation sites (N-methyl/N-ethyl adjacent to an activating group) is 1. The molecule has 0 aliphatic heterocycles. The van der Waals surface area contributed by atoms with Crippen molar-refractivity contribution < 1.29 is 9.53 Å². The molecule has 0 atom stereocenters. The number of unbranched alkanes of at least 4 members (excludes halogenated alkanes) is 1. The fourth-order valence-electron chi connectivity index (χ4n) is 3.34. The molecule has 3 aromatic rings. The van der Waals surface area contributed by atoms with E-state index in [0.717, 1.165) is 65.7 Å². The minimum absolute atomic E-state index is 0.215. The van der Waals surface area contributed by atoms with E-state index in [1.807, 2.05) is 25.2 Å². The lowest BCUT2D eigenvalue weighted by Crippen LogP contribution is -2.16. The first-order chi connectivity index (χ1) is 13.1. The highest BCUT2D eigenvalue weighted by atomic mass is 16.5. The summed E-state index contributed by atoms with van der Waals surface area (Å²) in [5.74, 6) is 1.19. The molecule has 2 aromatic heterocycles. The number of nitrogens with zero attached hydrogens (tertiary/aromatic N) is 3. The number of nitrogen functional groups attached to an aromatic ring is 1. The summed E-state index contributed by atoms with van der Waals surface area (Å²) in [6.07, 6.45) is 3.32. The number of hydrogen-bond donors (Lipinski definition) is 2. The van der Waals surface area contributed by atoms with E-state index in [9.17, 15) is 4.79 Å². The Kier molecular flexibility index (Phi) is 5.91. The van der Waals surface area contributed by atoms with E-state index in [4.69, 9.17) is 15.5 Å². The molecule has 7 nitrogen and oxygen atoms in total. The number of hydrogen-bond acceptors (Lipinski definition) is 6. The maximum atomic E-state index is 11.6. The Hall–Kier alpha value is -2.67. The Bertz CT molecular complexity index is 964. The molecule has 0 bridgehead atoms. The van der Waals surface area contributed by atoms with Crippen molar-refractivity contribution in [1.29, 1.82) is 0 Å². The van der Waals surface area contributed by atoms with Crippen LogP contribution in [0.3, 0.4) is 0 Å². The molecule has 0 aliphatic rings. The second-order valence-corrected chi connectivity index (χ2v) is 6.69. The van der Waals surface area contributed by atoms with E-state index in [2.05, 4.69) is 21.8 Å². The summed E-state index contributed by atoms with van der Waals surface area (Å²) in [6, 6.07) is 5.85. The largest absolute Gasteiger partial charge is 0.469 e. The number of esters is 1. The van der Waals surface area contributed by atoms with Crippen LogP contribution in [0.1, 0.15) is 31.2 Å². The number of fused-ring (bicyclic) bond motifs is 3. The number of benzene rings is 1. The number of nitrogens with one attached hydrogen (secondary N) is 1. The highest BCUT2D eigenvalue weighted by Crippen LogP contribution is 2.30. The quantitative estimate of drug-likeness (QED) is 0.592. The van der Waals surface area contributed by atoms with Gasteiger partial charge < -0.3 is 20.4 Å². The highest BCUT2D eigenvalue weighted by Gasteiger charge is 2.17. The van der Waals surface area contributed by atoms with Crippen molar-refractivity contribution in [3.05, 3.63) is 29.6 Å². The van der Waals surface area contributed by atoms with Crippen LogP contribution < -0.4 is 11.1 Å². The number of anilines is 1. The Morgan fingerprint density at radius 1 is 1.33 bits per heavy atom. The summed E-state index contributed by atoms with van der Waals surface area (Å²) < 4.78 is 7.01. The summed E-state index contributed by atoms with van der Waals surface area (Å²) >= 11 is 0. The molecule has 2 heterocycles. The summed E-state index contributed by atoms with van der Waals surface area (Å²) in [4.78, 5) is 20.9. The predicted octanol–water partition coefficient (Wildman–Crippen LogP) is 2.44. The van der Waals surface area contributed by atoms with E-state index in [1.54, 1.807) is 0 Å². The average molecular weight is 369 g/mol. The van der Waals surface area contributed by atoms with Gasteiger partial charge in [0, 0.05) is 24.9 Å². The van der Waals surface area contributed by atoms with Gasteiger partial charge in [-0.15, -0.1) is 0 Å². The number of carbonyl (C=O) groups is 1. The number of carbonyl (C=O) groups excluding carboxylic acids is 1. The van der Waals surface area contributed by atoms with Crippen molar-refractivity contribution in [1.82, 2.24) is 19.9 Å². The third kappa shape index (κ3) is 3.88. The second-order valence-electron chi connectivity index (χ2n) is 6.69. The number of imidazole rings is 1. The van der Waals surface area contributed by atoms with Crippen molar-refractivity contribution in [2.75, 3.05) is 26.4 Å². The molecule has 144 valence electrons. The summed E-state index contributed by atoms with van der Waals surface area (Å²) in [5.41, 5.74) is 9.64. The van der Waals surface area contributed by atoms with Gasteiger partial charge in [0.15, 0.2) is 5.82 Å². The zero-order chi connectivity index (χ0) is 19.4. The molecule has 0 unspecified atom stereocenters. The average Bonchev–Trinajstić information content (AvgIpc) is 3.03. The monoisotopic (exact) mass is 369 g/mol. The molecule has 0 spiro atoms. The van der Waals surface area contributed by atoms with Crippen molar-refractivity contribution >= 4 is 33.7 Å². The first-order valence-corrected chi connectivity index (χ1v) is 9.37. The Morgan fingerprint density at radius 3 is 2.85 bits per heavy atom. The van der Waals surface area contributed by atoms with Gasteiger partial charge in [0.05, 0.1) is 24.6 Å². The molecule has 0 radical (unpaired) electrons. The van der Waals surface area contributed by atoms with Crippen LogP contribution in [0.4, 0.5) is 5.82 Å². The molecule has 3 N–H and O–H groups in total. The molecule has 0 saturated heterocycles. The van der Waals surface area contributed by atoms with Gasteiger partial charge in [-0.05, 0) is 25.1 Å². The number of methoxy groups -OCH3 is 1. The van der Waals surface area contributed by atoms with Gasteiger partial charge in [0.25, 0.3) is 0 Å². The maximum Gasteiger partial charge on any atom is 0.309 e. The first kappa shape index (κ1) is 19.1. The van der Waals surface area contributed by atoms with Crippen LogP contribution >= 0.6 is 0 Å². The predicted molar refractivity (Wildman–Crippen MR) is 108 cm³/mol. The highest BCUT2D eigenvalue weighted by molar-refractivity contribution is 6.06. The molecular weight excluding hydrogens is 342 g/mol. The third-order valence-corrected chi connectivity index (χ3v) is 4.76.